The minimum Gasteiger partial charge on any atom is -0.394 e. The zero-order valence-corrected chi connectivity index (χ0v) is 9.65. The number of aromatic amines is 2. The van der Waals surface area contributed by atoms with Crippen molar-refractivity contribution in [1.29, 1.82) is 0 Å². The van der Waals surface area contributed by atoms with Crippen LogP contribution in [0.2, 0.25) is 0 Å². The van der Waals surface area contributed by atoms with E-state index in [1.54, 1.807) is 0 Å². The molecular formula is C10H12N4O5. The van der Waals surface area contributed by atoms with Crippen LogP contribution in [0.3, 0.4) is 0 Å². The van der Waals surface area contributed by atoms with E-state index in [0.29, 0.717) is 0 Å². The van der Waals surface area contributed by atoms with Crippen LogP contribution >= 0.6 is 0 Å². The highest BCUT2D eigenvalue weighted by atomic mass is 16.6. The van der Waals surface area contributed by atoms with Gasteiger partial charge in [-0.1, -0.05) is 0 Å². The first kappa shape index (κ1) is 12.2. The summed E-state index contributed by atoms with van der Waals surface area (Å²) in [6, 6.07) is 0. The van der Waals surface area contributed by atoms with Crippen LogP contribution in [-0.2, 0) is 4.74 Å². The van der Waals surface area contributed by atoms with E-state index in [4.69, 9.17) is 9.84 Å². The number of aromatic nitrogens is 4. The Labute approximate surface area is 105 Å². The topological polar surface area (TPSA) is 144 Å². The number of aliphatic hydroxyl groups is 3. The fraction of sp³-hybridized carbons (Fsp3) is 0.500. The second-order valence-electron chi connectivity index (χ2n) is 4.31. The zero-order chi connectivity index (χ0) is 13.6. The van der Waals surface area contributed by atoms with Gasteiger partial charge in [-0.25, -0.2) is 9.97 Å². The summed E-state index contributed by atoms with van der Waals surface area (Å²) in [6.45, 7) is -0.441. The molecule has 0 amide bonds. The van der Waals surface area contributed by atoms with Crippen molar-refractivity contribution in [3.8, 4) is 0 Å². The maximum atomic E-state index is 11.7. The summed E-state index contributed by atoms with van der Waals surface area (Å²) in [5.41, 5.74) is -0.0396. The Morgan fingerprint density at radius 3 is 2.84 bits per heavy atom. The van der Waals surface area contributed by atoms with Crippen molar-refractivity contribution in [3.05, 3.63) is 22.5 Å². The van der Waals surface area contributed by atoms with Crippen molar-refractivity contribution < 1.29 is 20.1 Å². The third kappa shape index (κ3) is 1.83. The van der Waals surface area contributed by atoms with Gasteiger partial charge in [0.15, 0.2) is 11.2 Å². The molecule has 0 aromatic carbocycles. The van der Waals surface area contributed by atoms with E-state index in [1.165, 1.54) is 6.33 Å². The Balaban J connectivity index is 2.03. The number of H-pyrrole nitrogens is 2. The van der Waals surface area contributed by atoms with Gasteiger partial charge in [-0.3, -0.25) is 4.79 Å². The van der Waals surface area contributed by atoms with Crippen LogP contribution < -0.4 is 5.56 Å². The first-order valence-corrected chi connectivity index (χ1v) is 5.67. The molecule has 3 rings (SSSR count). The lowest BCUT2D eigenvalue weighted by atomic mass is 10.1. The maximum absolute atomic E-state index is 11.7. The van der Waals surface area contributed by atoms with Gasteiger partial charge in [-0.2, -0.15) is 0 Å². The lowest BCUT2D eigenvalue weighted by Gasteiger charge is -2.13. The van der Waals surface area contributed by atoms with Crippen molar-refractivity contribution in [2.75, 3.05) is 6.61 Å². The molecule has 4 atom stereocenters. The van der Waals surface area contributed by atoms with E-state index in [1.807, 2.05) is 0 Å². The van der Waals surface area contributed by atoms with E-state index >= 15 is 0 Å². The van der Waals surface area contributed by atoms with Gasteiger partial charge < -0.3 is 30.0 Å². The summed E-state index contributed by atoms with van der Waals surface area (Å²) < 4.78 is 5.28. The molecule has 9 heteroatoms. The molecule has 1 fully saturated rings. The predicted octanol–water partition coefficient (Wildman–Crippen LogP) is -2.20. The molecule has 1 saturated heterocycles. The van der Waals surface area contributed by atoms with Crippen LogP contribution in [0.4, 0.5) is 0 Å². The number of hydrogen-bond donors (Lipinski definition) is 5. The fourth-order valence-corrected chi connectivity index (χ4v) is 2.12. The Morgan fingerprint density at radius 1 is 1.37 bits per heavy atom. The number of ether oxygens (including phenoxy) is 1. The maximum Gasteiger partial charge on any atom is 0.277 e. The summed E-state index contributed by atoms with van der Waals surface area (Å²) in [4.78, 5) is 24.7. The number of fused-ring (bicyclic) bond motifs is 1. The van der Waals surface area contributed by atoms with Gasteiger partial charge >= 0.3 is 0 Å². The largest absolute Gasteiger partial charge is 0.394 e. The first-order valence-electron chi connectivity index (χ1n) is 5.67. The molecule has 5 N–H and O–H groups in total. The monoisotopic (exact) mass is 268 g/mol. The minimum atomic E-state index is -1.28. The van der Waals surface area contributed by atoms with E-state index < -0.39 is 36.6 Å². The molecule has 9 nitrogen and oxygen atoms in total. The number of nitrogens with one attached hydrogen (secondary N) is 2. The second kappa shape index (κ2) is 4.38. The van der Waals surface area contributed by atoms with E-state index in [9.17, 15) is 15.0 Å². The molecular weight excluding hydrogens is 256 g/mol. The van der Waals surface area contributed by atoms with Gasteiger partial charge in [0.05, 0.1) is 12.9 Å². The van der Waals surface area contributed by atoms with Crippen LogP contribution in [-0.4, -0.2) is 60.2 Å². The molecule has 3 heterocycles. The van der Waals surface area contributed by atoms with Gasteiger partial charge in [0.2, 0.25) is 0 Å². The number of imidazole rings is 1. The van der Waals surface area contributed by atoms with Crippen LogP contribution in [0, 0.1) is 0 Å². The molecule has 2 aromatic rings. The lowest BCUT2D eigenvalue weighted by Crippen LogP contribution is -2.32. The van der Waals surface area contributed by atoms with Crippen molar-refractivity contribution in [2.24, 2.45) is 0 Å². The fourth-order valence-electron chi connectivity index (χ4n) is 2.12. The molecule has 0 aliphatic carbocycles. The SMILES string of the molecule is O=c1[nH]c([C@@H]2O[C@H](CO)[C@@H](O)[C@H]2O)nc2nc[nH]c12. The standard InChI is InChI=1S/C10H12N4O5/c15-1-3-5(16)6(17)7(19-3)9-13-8-4(10(18)14-9)11-2-12-8/h2-3,5-7,15-17H,1H2,(H2,11,12,13,14,18)/t3-,5-,6-,7-/m1/s1. The molecule has 1 aliphatic rings. The third-order valence-corrected chi connectivity index (χ3v) is 3.13. The molecule has 0 unspecified atom stereocenters. The molecule has 102 valence electrons. The summed E-state index contributed by atoms with van der Waals surface area (Å²) >= 11 is 0. The number of hydrogen-bond acceptors (Lipinski definition) is 7. The quantitative estimate of drug-likeness (QED) is 0.415. The van der Waals surface area contributed by atoms with Crippen molar-refractivity contribution in [2.45, 2.75) is 24.4 Å². The first-order chi connectivity index (χ1) is 9.11. The van der Waals surface area contributed by atoms with Crippen LogP contribution in [0.15, 0.2) is 11.1 Å². The van der Waals surface area contributed by atoms with Crippen LogP contribution in [0.1, 0.15) is 11.9 Å². The van der Waals surface area contributed by atoms with Gasteiger partial charge in [0.25, 0.3) is 5.56 Å². The molecule has 19 heavy (non-hydrogen) atoms. The molecule has 0 radical (unpaired) electrons. The van der Waals surface area contributed by atoms with Crippen LogP contribution in [0.5, 0.6) is 0 Å². The molecule has 0 bridgehead atoms. The number of nitrogens with zero attached hydrogens (tertiary/aromatic N) is 2. The Morgan fingerprint density at radius 2 is 2.16 bits per heavy atom. The highest BCUT2D eigenvalue weighted by Gasteiger charge is 2.44. The molecule has 0 saturated carbocycles. The average molecular weight is 268 g/mol. The van der Waals surface area contributed by atoms with Crippen molar-refractivity contribution in [1.82, 2.24) is 19.9 Å². The van der Waals surface area contributed by atoms with E-state index in [-0.39, 0.29) is 17.0 Å². The smallest absolute Gasteiger partial charge is 0.277 e. The zero-order valence-electron chi connectivity index (χ0n) is 9.65. The van der Waals surface area contributed by atoms with Gasteiger partial charge in [-0.05, 0) is 0 Å². The van der Waals surface area contributed by atoms with Gasteiger partial charge in [-0.15, -0.1) is 0 Å². The Kier molecular flexibility index (Phi) is 2.82. The summed E-state index contributed by atoms with van der Waals surface area (Å²) in [6.07, 6.45) is -3.12. The summed E-state index contributed by atoms with van der Waals surface area (Å²) in [5.74, 6) is 0.0621. The normalized spacial score (nSPS) is 31.1. The lowest BCUT2D eigenvalue weighted by molar-refractivity contribution is -0.0252. The number of rotatable bonds is 2. The highest BCUT2D eigenvalue weighted by molar-refractivity contribution is 5.68. The minimum absolute atomic E-state index is 0.0621. The highest BCUT2D eigenvalue weighted by Crippen LogP contribution is 2.31. The van der Waals surface area contributed by atoms with Gasteiger partial charge in [0.1, 0.15) is 30.2 Å². The summed E-state index contributed by atoms with van der Waals surface area (Å²) in [5, 5.41) is 28.5. The van der Waals surface area contributed by atoms with Crippen molar-refractivity contribution in [3.63, 3.8) is 0 Å². The summed E-state index contributed by atoms with van der Waals surface area (Å²) in [7, 11) is 0. The second-order valence-corrected chi connectivity index (χ2v) is 4.31. The molecule has 2 aromatic heterocycles. The van der Waals surface area contributed by atoms with Crippen LogP contribution in [0.25, 0.3) is 11.2 Å². The predicted molar refractivity (Wildman–Crippen MR) is 61.2 cm³/mol. The Bertz CT molecular complexity index is 653. The third-order valence-electron chi connectivity index (χ3n) is 3.13. The van der Waals surface area contributed by atoms with E-state index in [2.05, 4.69) is 19.9 Å². The van der Waals surface area contributed by atoms with Crippen molar-refractivity contribution >= 4 is 11.2 Å². The van der Waals surface area contributed by atoms with E-state index in [0.717, 1.165) is 0 Å². The Hall–Kier alpha value is -1.81. The van der Waals surface area contributed by atoms with Gasteiger partial charge in [0, 0.05) is 0 Å². The average Bonchev–Trinajstić information content (AvgIpc) is 2.96. The number of aliphatic hydroxyl groups excluding tert-OH is 3. The molecule has 1 aliphatic heterocycles. The molecule has 0 spiro atoms.